The van der Waals surface area contributed by atoms with Crippen LogP contribution in [0, 0.1) is 6.92 Å². The second-order valence-corrected chi connectivity index (χ2v) is 7.30. The van der Waals surface area contributed by atoms with Crippen molar-refractivity contribution in [2.45, 2.75) is 39.3 Å². The molecule has 1 atom stereocenters. The highest BCUT2D eigenvalue weighted by atomic mass is 16.5. The quantitative estimate of drug-likeness (QED) is 0.571. The van der Waals surface area contributed by atoms with Gasteiger partial charge in [-0.25, -0.2) is 0 Å². The summed E-state index contributed by atoms with van der Waals surface area (Å²) < 4.78 is 6.08. The molecule has 0 N–H and O–H groups in total. The summed E-state index contributed by atoms with van der Waals surface area (Å²) in [5, 5.41) is 0. The lowest BCUT2D eigenvalue weighted by Gasteiger charge is -2.35. The Morgan fingerprint density at radius 1 is 0.964 bits per heavy atom. The van der Waals surface area contributed by atoms with E-state index in [4.69, 9.17) is 4.74 Å². The van der Waals surface area contributed by atoms with E-state index in [2.05, 4.69) is 50.2 Å². The molecule has 3 aromatic carbocycles. The molecule has 0 bridgehead atoms. The average molecular weight is 371 g/mol. The SMILES string of the molecule is CCCC1Oc2ccc(-c3ccccc3C)cc2N(Cc2ccccc2)C1=O. The molecule has 0 saturated heterocycles. The van der Waals surface area contributed by atoms with Crippen LogP contribution in [0.2, 0.25) is 0 Å². The van der Waals surface area contributed by atoms with E-state index in [1.54, 1.807) is 0 Å². The molecule has 4 rings (SSSR count). The molecular weight excluding hydrogens is 346 g/mol. The number of benzene rings is 3. The first-order valence-corrected chi connectivity index (χ1v) is 9.89. The van der Waals surface area contributed by atoms with Gasteiger partial charge < -0.3 is 9.64 Å². The zero-order valence-corrected chi connectivity index (χ0v) is 16.4. The molecule has 3 aromatic rings. The smallest absolute Gasteiger partial charge is 0.268 e. The van der Waals surface area contributed by atoms with Gasteiger partial charge in [-0.1, -0.05) is 74.0 Å². The van der Waals surface area contributed by atoms with Crippen molar-refractivity contribution in [2.75, 3.05) is 4.90 Å². The minimum absolute atomic E-state index is 0.0418. The molecule has 0 fully saturated rings. The monoisotopic (exact) mass is 371 g/mol. The standard InChI is InChI=1S/C25H25NO2/c1-3-9-24-25(27)26(17-19-11-5-4-6-12-19)22-16-20(14-15-23(22)28-24)21-13-8-7-10-18(21)2/h4-8,10-16,24H,3,9,17H2,1-2H3. The van der Waals surface area contributed by atoms with E-state index in [9.17, 15) is 4.79 Å². The zero-order valence-electron chi connectivity index (χ0n) is 16.4. The lowest BCUT2D eigenvalue weighted by atomic mass is 9.98. The number of amides is 1. The molecule has 3 nitrogen and oxygen atoms in total. The number of hydrogen-bond donors (Lipinski definition) is 0. The van der Waals surface area contributed by atoms with Gasteiger partial charge in [0.05, 0.1) is 12.2 Å². The predicted molar refractivity (Wildman–Crippen MR) is 114 cm³/mol. The van der Waals surface area contributed by atoms with Gasteiger partial charge in [0.2, 0.25) is 0 Å². The third-order valence-corrected chi connectivity index (χ3v) is 5.25. The van der Waals surface area contributed by atoms with Gasteiger partial charge in [0.25, 0.3) is 5.91 Å². The van der Waals surface area contributed by atoms with Gasteiger partial charge in [-0.3, -0.25) is 4.79 Å². The van der Waals surface area contributed by atoms with E-state index in [0.717, 1.165) is 35.4 Å². The number of carbonyl (C=O) groups excluding carboxylic acids is 1. The topological polar surface area (TPSA) is 29.5 Å². The second kappa shape index (κ2) is 7.89. The Morgan fingerprint density at radius 3 is 2.46 bits per heavy atom. The molecule has 1 heterocycles. The summed E-state index contributed by atoms with van der Waals surface area (Å²) in [5.41, 5.74) is 5.44. The van der Waals surface area contributed by atoms with Crippen molar-refractivity contribution in [3.05, 3.63) is 83.9 Å². The zero-order chi connectivity index (χ0) is 19.5. The van der Waals surface area contributed by atoms with Gasteiger partial charge in [-0.05, 0) is 47.7 Å². The van der Waals surface area contributed by atoms with Crippen LogP contribution in [-0.2, 0) is 11.3 Å². The van der Waals surface area contributed by atoms with Crippen molar-refractivity contribution in [1.82, 2.24) is 0 Å². The molecule has 1 aliphatic heterocycles. The highest BCUT2D eigenvalue weighted by Gasteiger charge is 2.34. The maximum atomic E-state index is 13.2. The number of carbonyl (C=O) groups is 1. The molecule has 1 unspecified atom stereocenters. The summed E-state index contributed by atoms with van der Waals surface area (Å²) in [4.78, 5) is 15.1. The molecular formula is C25H25NO2. The molecule has 0 radical (unpaired) electrons. The fraction of sp³-hybridized carbons (Fsp3) is 0.240. The first-order valence-electron chi connectivity index (χ1n) is 9.89. The minimum Gasteiger partial charge on any atom is -0.478 e. The summed E-state index contributed by atoms with van der Waals surface area (Å²) in [5.74, 6) is 0.825. The van der Waals surface area contributed by atoms with Gasteiger partial charge in [-0.15, -0.1) is 0 Å². The Kier molecular flexibility index (Phi) is 5.16. The second-order valence-electron chi connectivity index (χ2n) is 7.30. The van der Waals surface area contributed by atoms with Crippen LogP contribution >= 0.6 is 0 Å². The molecule has 28 heavy (non-hydrogen) atoms. The Balaban J connectivity index is 1.77. The van der Waals surface area contributed by atoms with Gasteiger partial charge in [0, 0.05) is 0 Å². The van der Waals surface area contributed by atoms with E-state index < -0.39 is 6.10 Å². The molecule has 1 aliphatic rings. The van der Waals surface area contributed by atoms with Gasteiger partial charge in [0.1, 0.15) is 5.75 Å². The fourth-order valence-corrected chi connectivity index (χ4v) is 3.76. The van der Waals surface area contributed by atoms with Crippen LogP contribution in [0.15, 0.2) is 72.8 Å². The molecule has 0 aliphatic carbocycles. The first kappa shape index (κ1) is 18.3. The molecule has 0 spiro atoms. The van der Waals surface area contributed by atoms with E-state index in [1.807, 2.05) is 41.3 Å². The maximum absolute atomic E-state index is 13.2. The van der Waals surface area contributed by atoms with Crippen LogP contribution in [-0.4, -0.2) is 12.0 Å². The number of fused-ring (bicyclic) bond motifs is 1. The van der Waals surface area contributed by atoms with E-state index >= 15 is 0 Å². The normalized spacial score (nSPS) is 15.9. The lowest BCUT2D eigenvalue weighted by molar-refractivity contribution is -0.126. The molecule has 0 saturated carbocycles. The van der Waals surface area contributed by atoms with Crippen LogP contribution < -0.4 is 9.64 Å². The number of hydrogen-bond acceptors (Lipinski definition) is 2. The number of aryl methyl sites for hydroxylation is 1. The molecule has 0 aromatic heterocycles. The van der Waals surface area contributed by atoms with Crippen LogP contribution in [0.4, 0.5) is 5.69 Å². The van der Waals surface area contributed by atoms with Crippen LogP contribution in [0.5, 0.6) is 5.75 Å². The van der Waals surface area contributed by atoms with E-state index in [1.165, 1.54) is 11.1 Å². The van der Waals surface area contributed by atoms with E-state index in [0.29, 0.717) is 6.54 Å². The first-order chi connectivity index (χ1) is 13.7. The number of nitrogens with zero attached hydrogens (tertiary/aromatic N) is 1. The van der Waals surface area contributed by atoms with Gasteiger partial charge in [-0.2, -0.15) is 0 Å². The number of ether oxygens (including phenoxy) is 1. The Hall–Kier alpha value is -3.07. The molecule has 1 amide bonds. The van der Waals surface area contributed by atoms with Crippen molar-refractivity contribution in [3.63, 3.8) is 0 Å². The Labute approximate surface area is 166 Å². The summed E-state index contributed by atoms with van der Waals surface area (Å²) in [7, 11) is 0. The maximum Gasteiger partial charge on any atom is 0.268 e. The lowest BCUT2D eigenvalue weighted by Crippen LogP contribution is -2.45. The fourth-order valence-electron chi connectivity index (χ4n) is 3.76. The van der Waals surface area contributed by atoms with Crippen LogP contribution in [0.1, 0.15) is 30.9 Å². The largest absolute Gasteiger partial charge is 0.478 e. The summed E-state index contributed by atoms with van der Waals surface area (Å²) in [6.45, 7) is 4.73. The van der Waals surface area contributed by atoms with E-state index in [-0.39, 0.29) is 5.91 Å². The minimum atomic E-state index is -0.412. The summed E-state index contributed by atoms with van der Waals surface area (Å²) in [6, 6.07) is 24.6. The number of rotatable bonds is 5. The Morgan fingerprint density at radius 2 is 1.71 bits per heavy atom. The third kappa shape index (κ3) is 3.53. The average Bonchev–Trinajstić information content (AvgIpc) is 2.72. The molecule has 3 heteroatoms. The van der Waals surface area contributed by atoms with Crippen molar-refractivity contribution in [1.29, 1.82) is 0 Å². The van der Waals surface area contributed by atoms with Crippen molar-refractivity contribution in [3.8, 4) is 16.9 Å². The highest BCUT2D eigenvalue weighted by Crippen LogP contribution is 2.39. The van der Waals surface area contributed by atoms with Crippen LogP contribution in [0.25, 0.3) is 11.1 Å². The summed E-state index contributed by atoms with van der Waals surface area (Å²) >= 11 is 0. The molecule has 142 valence electrons. The van der Waals surface area contributed by atoms with Crippen molar-refractivity contribution >= 4 is 11.6 Å². The predicted octanol–water partition coefficient (Wildman–Crippen LogP) is 5.76. The summed E-state index contributed by atoms with van der Waals surface area (Å²) in [6.07, 6.45) is 1.22. The van der Waals surface area contributed by atoms with Crippen molar-refractivity contribution < 1.29 is 9.53 Å². The number of anilines is 1. The van der Waals surface area contributed by atoms with Gasteiger partial charge >= 0.3 is 0 Å². The third-order valence-electron chi connectivity index (χ3n) is 5.25. The van der Waals surface area contributed by atoms with Crippen LogP contribution in [0.3, 0.4) is 0 Å². The van der Waals surface area contributed by atoms with Crippen molar-refractivity contribution in [2.24, 2.45) is 0 Å². The Bertz CT molecular complexity index is 981. The van der Waals surface area contributed by atoms with Gasteiger partial charge in [0.15, 0.2) is 6.10 Å². The highest BCUT2D eigenvalue weighted by molar-refractivity contribution is 6.00.